The van der Waals surface area contributed by atoms with Crippen LogP contribution in [0.15, 0.2) is 30.5 Å². The van der Waals surface area contributed by atoms with Crippen molar-refractivity contribution >= 4 is 21.9 Å². The number of para-hydroxylation sites is 1. The van der Waals surface area contributed by atoms with Crippen LogP contribution in [-0.2, 0) is 0 Å². The van der Waals surface area contributed by atoms with Gasteiger partial charge in [0, 0.05) is 11.4 Å². The number of pyridine rings is 1. The highest BCUT2D eigenvalue weighted by molar-refractivity contribution is 6.02. The molecule has 1 saturated carbocycles. The summed E-state index contributed by atoms with van der Waals surface area (Å²) in [6.07, 6.45) is 6.99. The Balaban J connectivity index is 1.83. The zero-order chi connectivity index (χ0) is 17.4. The quantitative estimate of drug-likeness (QED) is 0.760. The van der Waals surface area contributed by atoms with E-state index in [1.165, 1.54) is 12.8 Å². The Hall–Kier alpha value is -1.98. The molecule has 0 unspecified atom stereocenters. The van der Waals surface area contributed by atoms with Crippen molar-refractivity contribution < 1.29 is 5.11 Å². The van der Waals surface area contributed by atoms with Crippen LogP contribution in [-0.4, -0.2) is 26.2 Å². The number of rotatable bonds is 4. The lowest BCUT2D eigenvalue weighted by Crippen LogP contribution is -2.22. The topological polar surface area (TPSA) is 77.0 Å². The molecule has 0 spiro atoms. The number of nitrogens with two attached hydrogens (primary N) is 1. The fraction of sp³-hybridized carbons (Fsp3) is 0.500. The van der Waals surface area contributed by atoms with Crippen molar-refractivity contribution in [2.24, 2.45) is 11.7 Å². The van der Waals surface area contributed by atoms with Gasteiger partial charge in [0.2, 0.25) is 0 Å². The summed E-state index contributed by atoms with van der Waals surface area (Å²) in [5.41, 5.74) is 8.70. The summed E-state index contributed by atoms with van der Waals surface area (Å²) in [4.78, 5) is 9.26. The second kappa shape index (κ2) is 6.73. The van der Waals surface area contributed by atoms with Gasteiger partial charge in [0.05, 0.1) is 17.2 Å². The van der Waals surface area contributed by atoms with Crippen molar-refractivity contribution in [1.82, 2.24) is 14.5 Å². The first-order valence-corrected chi connectivity index (χ1v) is 9.32. The highest BCUT2D eigenvalue weighted by Gasteiger charge is 2.27. The molecule has 0 radical (unpaired) electrons. The monoisotopic (exact) mass is 338 g/mol. The number of aliphatic hydroxyl groups excluding tert-OH is 1. The van der Waals surface area contributed by atoms with E-state index in [9.17, 15) is 5.11 Å². The number of fused-ring (bicyclic) bond motifs is 3. The number of aliphatic hydroxyl groups is 1. The predicted molar refractivity (Wildman–Crippen MR) is 100 cm³/mol. The van der Waals surface area contributed by atoms with Crippen LogP contribution in [0.4, 0.5) is 0 Å². The van der Waals surface area contributed by atoms with Gasteiger partial charge in [0.1, 0.15) is 17.4 Å². The van der Waals surface area contributed by atoms with Gasteiger partial charge in [-0.15, -0.1) is 0 Å². The Bertz CT molecular complexity index is 878. The Labute approximate surface area is 147 Å². The van der Waals surface area contributed by atoms with Gasteiger partial charge in [-0.05, 0) is 57.6 Å². The molecular weight excluding hydrogens is 312 g/mol. The van der Waals surface area contributed by atoms with Crippen molar-refractivity contribution in [2.45, 2.75) is 51.2 Å². The molecule has 5 nitrogen and oxygen atoms in total. The summed E-state index contributed by atoms with van der Waals surface area (Å²) in [6.45, 7) is 2.58. The first-order valence-electron chi connectivity index (χ1n) is 9.32. The molecule has 1 fully saturated rings. The zero-order valence-corrected chi connectivity index (χ0v) is 14.7. The van der Waals surface area contributed by atoms with Gasteiger partial charge >= 0.3 is 0 Å². The van der Waals surface area contributed by atoms with E-state index >= 15 is 0 Å². The molecule has 4 rings (SSSR count). The molecule has 0 bridgehead atoms. The molecule has 0 saturated heterocycles. The van der Waals surface area contributed by atoms with Crippen LogP contribution in [0.2, 0.25) is 0 Å². The average molecular weight is 338 g/mol. The molecule has 3 N–H and O–H groups in total. The molecule has 0 aliphatic heterocycles. The second-order valence-corrected chi connectivity index (χ2v) is 7.28. The van der Waals surface area contributed by atoms with E-state index in [-0.39, 0.29) is 0 Å². The van der Waals surface area contributed by atoms with E-state index in [4.69, 9.17) is 10.7 Å². The highest BCUT2D eigenvalue weighted by Crippen LogP contribution is 2.38. The smallest absolute Gasteiger partial charge is 0.138 e. The van der Waals surface area contributed by atoms with Crippen LogP contribution in [0.5, 0.6) is 0 Å². The number of benzene rings is 1. The third-order valence-corrected chi connectivity index (χ3v) is 5.58. The van der Waals surface area contributed by atoms with E-state index < -0.39 is 6.10 Å². The largest absolute Gasteiger partial charge is 0.385 e. The molecule has 25 heavy (non-hydrogen) atoms. The number of hydrogen-bond acceptors (Lipinski definition) is 4. The Morgan fingerprint density at radius 2 is 1.96 bits per heavy atom. The van der Waals surface area contributed by atoms with Crippen LogP contribution in [0.3, 0.4) is 0 Å². The molecule has 1 aliphatic rings. The Morgan fingerprint density at radius 3 is 2.68 bits per heavy atom. The maximum absolute atomic E-state index is 10.3. The summed E-state index contributed by atoms with van der Waals surface area (Å²) in [7, 11) is 0. The molecule has 1 aromatic carbocycles. The molecule has 1 atom stereocenters. The van der Waals surface area contributed by atoms with Crippen LogP contribution in [0.1, 0.15) is 57.0 Å². The first-order chi connectivity index (χ1) is 12.2. The lowest BCUT2D eigenvalue weighted by atomic mass is 9.84. The minimum absolute atomic E-state index is 0.384. The number of hydrogen-bond donors (Lipinski definition) is 2. The van der Waals surface area contributed by atoms with Crippen molar-refractivity contribution in [3.05, 3.63) is 36.3 Å². The van der Waals surface area contributed by atoms with Gasteiger partial charge in [-0.1, -0.05) is 18.2 Å². The van der Waals surface area contributed by atoms with Crippen LogP contribution in [0.25, 0.3) is 21.9 Å². The van der Waals surface area contributed by atoms with E-state index in [0.29, 0.717) is 6.04 Å². The fourth-order valence-corrected chi connectivity index (χ4v) is 4.33. The second-order valence-electron chi connectivity index (χ2n) is 7.28. The number of nitrogens with zero attached hydrogens (tertiary/aromatic N) is 3. The van der Waals surface area contributed by atoms with Gasteiger partial charge in [0.25, 0.3) is 0 Å². The minimum atomic E-state index is -0.590. The minimum Gasteiger partial charge on any atom is -0.385 e. The molecule has 1 aliphatic carbocycles. The summed E-state index contributed by atoms with van der Waals surface area (Å²) < 4.78 is 2.29. The Morgan fingerprint density at radius 1 is 1.20 bits per heavy atom. The fourth-order valence-electron chi connectivity index (χ4n) is 4.33. The summed E-state index contributed by atoms with van der Waals surface area (Å²) in [5, 5.41) is 11.4. The van der Waals surface area contributed by atoms with Crippen molar-refractivity contribution in [3.63, 3.8) is 0 Å². The summed E-state index contributed by atoms with van der Waals surface area (Å²) in [5.74, 6) is 1.50. The first kappa shape index (κ1) is 16.5. The van der Waals surface area contributed by atoms with E-state index in [2.05, 4.69) is 15.6 Å². The van der Waals surface area contributed by atoms with Gasteiger partial charge in [-0.25, -0.2) is 4.98 Å². The van der Waals surface area contributed by atoms with E-state index in [0.717, 1.165) is 59.5 Å². The van der Waals surface area contributed by atoms with Crippen molar-refractivity contribution in [1.29, 1.82) is 0 Å². The number of aromatic nitrogens is 3. The third-order valence-electron chi connectivity index (χ3n) is 5.58. The molecule has 2 aromatic heterocycles. The van der Waals surface area contributed by atoms with Crippen molar-refractivity contribution in [3.8, 4) is 0 Å². The van der Waals surface area contributed by atoms with Crippen LogP contribution in [0, 0.1) is 5.92 Å². The third kappa shape index (κ3) is 2.92. The SMILES string of the molecule is C[C@@H](O)c1nc2cnc3ccccc3c2n1C1CCC(CCN)CC1. The highest BCUT2D eigenvalue weighted by atomic mass is 16.3. The average Bonchev–Trinajstić information content (AvgIpc) is 3.03. The normalized spacial score (nSPS) is 22.5. The maximum Gasteiger partial charge on any atom is 0.138 e. The molecular formula is C20H26N4O. The molecule has 132 valence electrons. The Kier molecular flexibility index (Phi) is 4.44. The van der Waals surface area contributed by atoms with Crippen LogP contribution < -0.4 is 5.73 Å². The van der Waals surface area contributed by atoms with Gasteiger partial charge in [-0.3, -0.25) is 4.98 Å². The predicted octanol–water partition coefficient (Wildman–Crippen LogP) is 3.72. The molecule has 2 heterocycles. The standard InChI is InChI=1S/C20H26N4O/c1-13(25)20-23-18-12-22-17-5-3-2-4-16(17)19(18)24(20)15-8-6-14(7-9-15)10-11-21/h2-5,12-15,25H,6-11,21H2,1H3/t13-,14?,15?/m1/s1. The molecule has 5 heteroatoms. The van der Waals surface area contributed by atoms with E-state index in [1.54, 1.807) is 6.92 Å². The lowest BCUT2D eigenvalue weighted by molar-refractivity contribution is 0.174. The van der Waals surface area contributed by atoms with Crippen molar-refractivity contribution in [2.75, 3.05) is 6.54 Å². The number of imidazole rings is 1. The lowest BCUT2D eigenvalue weighted by Gasteiger charge is -2.31. The molecule has 3 aromatic rings. The maximum atomic E-state index is 10.3. The zero-order valence-electron chi connectivity index (χ0n) is 14.7. The van der Waals surface area contributed by atoms with Gasteiger partial charge in [0.15, 0.2) is 0 Å². The summed E-state index contributed by atoms with van der Waals surface area (Å²) in [6, 6.07) is 8.58. The summed E-state index contributed by atoms with van der Waals surface area (Å²) >= 11 is 0. The molecule has 0 amide bonds. The van der Waals surface area contributed by atoms with Gasteiger partial charge < -0.3 is 15.4 Å². The van der Waals surface area contributed by atoms with E-state index in [1.807, 2.05) is 24.4 Å². The van der Waals surface area contributed by atoms with Gasteiger partial charge in [-0.2, -0.15) is 0 Å². The van der Waals surface area contributed by atoms with Crippen LogP contribution >= 0.6 is 0 Å².